The maximum Gasteiger partial charge on any atom is 0.233 e. The van der Waals surface area contributed by atoms with E-state index in [0.717, 1.165) is 19.3 Å². The average Bonchev–Trinajstić information content (AvgIpc) is 2.26. The molecule has 0 spiro atoms. The molecular weight excluding hydrogens is 206 g/mol. The first-order chi connectivity index (χ1) is 7.72. The lowest BCUT2D eigenvalue weighted by molar-refractivity contribution is -0.114. The lowest BCUT2D eigenvalue weighted by Crippen LogP contribution is -2.08. The number of rotatable bonds is 6. The number of anilines is 1. The highest BCUT2D eigenvalue weighted by Gasteiger charge is 1.99. The highest BCUT2D eigenvalue weighted by molar-refractivity contribution is 5.87. The van der Waals surface area contributed by atoms with Crippen molar-refractivity contribution in [3.8, 4) is 5.88 Å². The fourth-order valence-corrected chi connectivity index (χ4v) is 1.17. The van der Waals surface area contributed by atoms with Gasteiger partial charge in [0, 0.05) is 13.0 Å². The summed E-state index contributed by atoms with van der Waals surface area (Å²) in [7, 11) is 0. The molecule has 5 heteroatoms. The van der Waals surface area contributed by atoms with Gasteiger partial charge in [-0.15, -0.1) is 10.2 Å². The molecule has 1 aromatic rings. The van der Waals surface area contributed by atoms with Crippen molar-refractivity contribution in [1.29, 1.82) is 0 Å². The molecule has 0 saturated carbocycles. The highest BCUT2D eigenvalue weighted by atomic mass is 16.5. The maximum atomic E-state index is 10.7. The van der Waals surface area contributed by atoms with Crippen LogP contribution in [0.5, 0.6) is 5.88 Å². The van der Waals surface area contributed by atoms with E-state index in [1.165, 1.54) is 6.92 Å². The van der Waals surface area contributed by atoms with Gasteiger partial charge in [-0.1, -0.05) is 19.8 Å². The van der Waals surface area contributed by atoms with Gasteiger partial charge >= 0.3 is 0 Å². The smallest absolute Gasteiger partial charge is 0.233 e. The Morgan fingerprint density at radius 2 is 2.19 bits per heavy atom. The molecule has 0 radical (unpaired) electrons. The molecule has 0 fully saturated rings. The minimum atomic E-state index is -0.161. The van der Waals surface area contributed by atoms with Crippen LogP contribution in [0.3, 0.4) is 0 Å². The summed E-state index contributed by atoms with van der Waals surface area (Å²) >= 11 is 0. The second-order valence-electron chi connectivity index (χ2n) is 3.49. The van der Waals surface area contributed by atoms with Crippen molar-refractivity contribution in [1.82, 2.24) is 10.2 Å². The Balaban J connectivity index is 2.36. The number of carbonyl (C=O) groups is 1. The van der Waals surface area contributed by atoms with Crippen molar-refractivity contribution in [2.45, 2.75) is 33.1 Å². The van der Waals surface area contributed by atoms with Gasteiger partial charge < -0.3 is 10.1 Å². The summed E-state index contributed by atoms with van der Waals surface area (Å²) in [6.07, 6.45) is 3.33. The quantitative estimate of drug-likeness (QED) is 0.749. The lowest BCUT2D eigenvalue weighted by atomic mass is 10.3. The first-order valence-electron chi connectivity index (χ1n) is 5.46. The van der Waals surface area contributed by atoms with Gasteiger partial charge in [-0.05, 0) is 12.5 Å². The van der Waals surface area contributed by atoms with Crippen molar-refractivity contribution in [2.75, 3.05) is 11.9 Å². The normalized spacial score (nSPS) is 9.88. The fraction of sp³-hybridized carbons (Fsp3) is 0.545. The molecule has 5 nitrogen and oxygen atoms in total. The van der Waals surface area contributed by atoms with E-state index in [0.29, 0.717) is 18.3 Å². The summed E-state index contributed by atoms with van der Waals surface area (Å²) in [5, 5.41) is 10.2. The summed E-state index contributed by atoms with van der Waals surface area (Å²) in [6.45, 7) is 4.22. The van der Waals surface area contributed by atoms with Crippen LogP contribution in [0, 0.1) is 0 Å². The zero-order valence-electron chi connectivity index (χ0n) is 9.69. The Morgan fingerprint density at radius 1 is 1.38 bits per heavy atom. The number of nitrogens with one attached hydrogen (secondary N) is 1. The number of nitrogens with zero attached hydrogens (tertiary/aromatic N) is 2. The standard InChI is InChI=1S/C11H17N3O2/c1-3-4-5-8-16-11-7-6-10(13-14-11)12-9(2)15/h6-7H,3-5,8H2,1-2H3,(H,12,13,15). The van der Waals surface area contributed by atoms with E-state index >= 15 is 0 Å². The second-order valence-corrected chi connectivity index (χ2v) is 3.49. The van der Waals surface area contributed by atoms with Gasteiger partial charge in [0.2, 0.25) is 11.8 Å². The topological polar surface area (TPSA) is 64.1 Å². The van der Waals surface area contributed by atoms with Crippen molar-refractivity contribution in [3.05, 3.63) is 12.1 Å². The van der Waals surface area contributed by atoms with E-state index < -0.39 is 0 Å². The molecule has 0 atom stereocenters. The molecule has 0 aliphatic carbocycles. The molecule has 16 heavy (non-hydrogen) atoms. The van der Waals surface area contributed by atoms with Crippen molar-refractivity contribution >= 4 is 11.7 Å². The molecule has 1 heterocycles. The third-order valence-corrected chi connectivity index (χ3v) is 1.94. The third kappa shape index (κ3) is 4.72. The molecule has 1 N–H and O–H groups in total. The molecule has 0 aliphatic rings. The van der Waals surface area contributed by atoms with Crippen LogP contribution in [-0.2, 0) is 4.79 Å². The van der Waals surface area contributed by atoms with Crippen LogP contribution in [0.15, 0.2) is 12.1 Å². The fourth-order valence-electron chi connectivity index (χ4n) is 1.17. The van der Waals surface area contributed by atoms with Gasteiger partial charge in [-0.2, -0.15) is 0 Å². The van der Waals surface area contributed by atoms with Crippen molar-refractivity contribution in [2.24, 2.45) is 0 Å². The summed E-state index contributed by atoms with van der Waals surface area (Å²) in [5.74, 6) is 0.768. The summed E-state index contributed by atoms with van der Waals surface area (Å²) in [5.41, 5.74) is 0. The summed E-state index contributed by atoms with van der Waals surface area (Å²) in [4.78, 5) is 10.7. The molecule has 88 valence electrons. The zero-order valence-corrected chi connectivity index (χ0v) is 9.69. The molecule has 0 saturated heterocycles. The Morgan fingerprint density at radius 3 is 2.75 bits per heavy atom. The Labute approximate surface area is 95.2 Å². The first-order valence-corrected chi connectivity index (χ1v) is 5.46. The monoisotopic (exact) mass is 223 g/mol. The third-order valence-electron chi connectivity index (χ3n) is 1.94. The van der Waals surface area contributed by atoms with Crippen LogP contribution in [0.1, 0.15) is 33.1 Å². The van der Waals surface area contributed by atoms with E-state index in [-0.39, 0.29) is 5.91 Å². The molecule has 1 rings (SSSR count). The first kappa shape index (κ1) is 12.4. The predicted molar refractivity (Wildman–Crippen MR) is 61.4 cm³/mol. The largest absolute Gasteiger partial charge is 0.477 e. The molecule has 0 unspecified atom stereocenters. The number of ether oxygens (including phenoxy) is 1. The highest BCUT2D eigenvalue weighted by Crippen LogP contribution is 2.08. The van der Waals surface area contributed by atoms with Gasteiger partial charge in [-0.3, -0.25) is 4.79 Å². The Bertz CT molecular complexity index is 325. The molecule has 1 aromatic heterocycles. The van der Waals surface area contributed by atoms with E-state index in [2.05, 4.69) is 22.4 Å². The molecule has 0 aliphatic heterocycles. The Hall–Kier alpha value is -1.65. The Kier molecular flexibility index (Phi) is 5.25. The van der Waals surface area contributed by atoms with Crippen LogP contribution < -0.4 is 10.1 Å². The second kappa shape index (κ2) is 6.76. The number of unbranched alkanes of at least 4 members (excludes halogenated alkanes) is 2. The zero-order chi connectivity index (χ0) is 11.8. The minimum absolute atomic E-state index is 0.161. The van der Waals surface area contributed by atoms with Gasteiger partial charge in [0.05, 0.1) is 6.61 Å². The number of amides is 1. The average molecular weight is 223 g/mol. The SMILES string of the molecule is CCCCCOc1ccc(NC(C)=O)nn1. The van der Waals surface area contributed by atoms with E-state index in [9.17, 15) is 4.79 Å². The number of aromatic nitrogens is 2. The lowest BCUT2D eigenvalue weighted by Gasteiger charge is -2.04. The van der Waals surface area contributed by atoms with E-state index in [1.54, 1.807) is 12.1 Å². The van der Waals surface area contributed by atoms with Crippen LogP contribution in [0.4, 0.5) is 5.82 Å². The molecular formula is C11H17N3O2. The van der Waals surface area contributed by atoms with Crippen LogP contribution in [0.25, 0.3) is 0 Å². The molecule has 0 aromatic carbocycles. The van der Waals surface area contributed by atoms with Crippen LogP contribution in [0.2, 0.25) is 0 Å². The van der Waals surface area contributed by atoms with E-state index in [4.69, 9.17) is 4.74 Å². The minimum Gasteiger partial charge on any atom is -0.477 e. The summed E-state index contributed by atoms with van der Waals surface area (Å²) in [6, 6.07) is 3.37. The van der Waals surface area contributed by atoms with Gasteiger partial charge in [0.15, 0.2) is 5.82 Å². The maximum absolute atomic E-state index is 10.7. The van der Waals surface area contributed by atoms with Gasteiger partial charge in [0.25, 0.3) is 0 Å². The molecule has 0 bridgehead atoms. The number of carbonyl (C=O) groups excluding carboxylic acids is 1. The summed E-state index contributed by atoms with van der Waals surface area (Å²) < 4.78 is 5.38. The van der Waals surface area contributed by atoms with E-state index in [1.807, 2.05) is 0 Å². The predicted octanol–water partition coefficient (Wildman–Crippen LogP) is 2.00. The van der Waals surface area contributed by atoms with Gasteiger partial charge in [0.1, 0.15) is 0 Å². The van der Waals surface area contributed by atoms with Crippen molar-refractivity contribution in [3.63, 3.8) is 0 Å². The van der Waals surface area contributed by atoms with Crippen molar-refractivity contribution < 1.29 is 9.53 Å². The van der Waals surface area contributed by atoms with Crippen LogP contribution in [-0.4, -0.2) is 22.7 Å². The van der Waals surface area contributed by atoms with Crippen LogP contribution >= 0.6 is 0 Å². The van der Waals surface area contributed by atoms with Gasteiger partial charge in [-0.25, -0.2) is 0 Å². The number of hydrogen-bond acceptors (Lipinski definition) is 4. The molecule has 1 amide bonds. The number of hydrogen-bond donors (Lipinski definition) is 1.